The highest BCUT2D eigenvalue weighted by Crippen LogP contribution is 2.26. The first-order valence-electron chi connectivity index (χ1n) is 5.65. The minimum Gasteiger partial charge on any atom is -0.478 e. The van der Waals surface area contributed by atoms with E-state index in [-0.39, 0.29) is 5.56 Å². The number of carbonyl (C=O) groups is 1. The first-order chi connectivity index (χ1) is 9.24. The summed E-state index contributed by atoms with van der Waals surface area (Å²) in [6, 6.07) is 9.64. The van der Waals surface area contributed by atoms with Gasteiger partial charge < -0.3 is 10.4 Å². The van der Waals surface area contributed by atoms with Crippen molar-refractivity contribution in [3.8, 4) is 0 Å². The SMILES string of the molecule is O=C(O)c1cnccc1Nc1ccc2sccc2c1. The molecule has 0 aliphatic rings. The lowest BCUT2D eigenvalue weighted by molar-refractivity contribution is 0.0697. The predicted octanol–water partition coefficient (Wildman–Crippen LogP) is 3.74. The van der Waals surface area contributed by atoms with E-state index in [1.165, 1.54) is 10.9 Å². The summed E-state index contributed by atoms with van der Waals surface area (Å²) in [7, 11) is 0. The molecule has 0 radical (unpaired) electrons. The number of aromatic carboxylic acids is 1. The number of benzene rings is 1. The second kappa shape index (κ2) is 4.70. The number of anilines is 2. The molecule has 0 amide bonds. The topological polar surface area (TPSA) is 62.2 Å². The van der Waals surface area contributed by atoms with Gasteiger partial charge in [-0.1, -0.05) is 0 Å². The van der Waals surface area contributed by atoms with E-state index in [1.807, 2.05) is 29.6 Å². The average molecular weight is 270 g/mol. The maximum Gasteiger partial charge on any atom is 0.339 e. The highest BCUT2D eigenvalue weighted by molar-refractivity contribution is 7.17. The second-order valence-corrected chi connectivity index (χ2v) is 4.97. The maximum atomic E-state index is 11.1. The minimum absolute atomic E-state index is 0.160. The van der Waals surface area contributed by atoms with E-state index in [1.54, 1.807) is 23.6 Å². The van der Waals surface area contributed by atoms with Crippen molar-refractivity contribution >= 4 is 38.8 Å². The Hall–Kier alpha value is -2.40. The van der Waals surface area contributed by atoms with E-state index in [9.17, 15) is 4.79 Å². The van der Waals surface area contributed by atoms with Crippen molar-refractivity contribution in [3.63, 3.8) is 0 Å². The highest BCUT2D eigenvalue weighted by atomic mass is 32.1. The molecule has 2 N–H and O–H groups in total. The molecule has 1 aromatic carbocycles. The zero-order valence-electron chi connectivity index (χ0n) is 9.83. The molecular weight excluding hydrogens is 260 g/mol. The zero-order chi connectivity index (χ0) is 13.2. The summed E-state index contributed by atoms with van der Waals surface area (Å²) in [5, 5.41) is 15.4. The summed E-state index contributed by atoms with van der Waals surface area (Å²) in [4.78, 5) is 14.9. The molecule has 0 bridgehead atoms. The van der Waals surface area contributed by atoms with Crippen molar-refractivity contribution in [3.05, 3.63) is 53.7 Å². The molecule has 2 heterocycles. The third-order valence-corrected chi connectivity index (χ3v) is 3.68. The number of hydrogen-bond acceptors (Lipinski definition) is 4. The summed E-state index contributed by atoms with van der Waals surface area (Å²) in [6.45, 7) is 0. The number of thiophene rings is 1. The Bertz CT molecular complexity index is 752. The van der Waals surface area contributed by atoms with Gasteiger partial charge in [0, 0.05) is 22.8 Å². The van der Waals surface area contributed by atoms with Crippen molar-refractivity contribution in [2.75, 3.05) is 5.32 Å². The number of aromatic nitrogens is 1. The van der Waals surface area contributed by atoms with Crippen LogP contribution in [-0.2, 0) is 0 Å². The number of pyridine rings is 1. The van der Waals surface area contributed by atoms with Crippen LogP contribution in [0.3, 0.4) is 0 Å². The third kappa shape index (κ3) is 2.28. The zero-order valence-corrected chi connectivity index (χ0v) is 10.6. The number of rotatable bonds is 3. The van der Waals surface area contributed by atoms with Crippen LogP contribution in [0.4, 0.5) is 11.4 Å². The van der Waals surface area contributed by atoms with Crippen LogP contribution in [0.1, 0.15) is 10.4 Å². The van der Waals surface area contributed by atoms with E-state index in [2.05, 4.69) is 10.3 Å². The van der Waals surface area contributed by atoms with Crippen LogP contribution in [-0.4, -0.2) is 16.1 Å². The molecule has 5 heteroatoms. The molecule has 0 spiro atoms. The van der Waals surface area contributed by atoms with Crippen LogP contribution in [0.5, 0.6) is 0 Å². The molecule has 3 aromatic rings. The largest absolute Gasteiger partial charge is 0.478 e. The number of hydrogen-bond donors (Lipinski definition) is 2. The summed E-state index contributed by atoms with van der Waals surface area (Å²) < 4.78 is 1.21. The fourth-order valence-corrected chi connectivity index (χ4v) is 2.64. The summed E-state index contributed by atoms with van der Waals surface area (Å²) in [6.07, 6.45) is 2.91. The summed E-state index contributed by atoms with van der Waals surface area (Å²) >= 11 is 1.68. The monoisotopic (exact) mass is 270 g/mol. The van der Waals surface area contributed by atoms with Gasteiger partial charge in [0.25, 0.3) is 0 Å². The summed E-state index contributed by atoms with van der Waals surface area (Å²) in [5.41, 5.74) is 1.56. The highest BCUT2D eigenvalue weighted by Gasteiger charge is 2.09. The number of fused-ring (bicyclic) bond motifs is 1. The quantitative estimate of drug-likeness (QED) is 0.761. The lowest BCUT2D eigenvalue weighted by Gasteiger charge is -2.09. The van der Waals surface area contributed by atoms with Crippen molar-refractivity contribution in [2.45, 2.75) is 0 Å². The number of nitrogens with zero attached hydrogens (tertiary/aromatic N) is 1. The fraction of sp³-hybridized carbons (Fsp3) is 0. The number of carboxylic acid groups (broad SMARTS) is 1. The molecular formula is C14H10N2O2S. The first kappa shape index (κ1) is 11.7. The van der Waals surface area contributed by atoms with Gasteiger partial charge in [-0.3, -0.25) is 4.98 Å². The van der Waals surface area contributed by atoms with Crippen LogP contribution in [0.25, 0.3) is 10.1 Å². The molecule has 94 valence electrons. The normalized spacial score (nSPS) is 10.5. The Balaban J connectivity index is 1.98. The van der Waals surface area contributed by atoms with Gasteiger partial charge in [-0.2, -0.15) is 0 Å². The molecule has 0 aliphatic heterocycles. The van der Waals surface area contributed by atoms with Gasteiger partial charge in [-0.25, -0.2) is 4.79 Å². The second-order valence-electron chi connectivity index (χ2n) is 4.02. The van der Waals surface area contributed by atoms with Crippen LogP contribution in [0.15, 0.2) is 48.1 Å². The third-order valence-electron chi connectivity index (χ3n) is 2.78. The smallest absolute Gasteiger partial charge is 0.339 e. The molecule has 2 aromatic heterocycles. The van der Waals surface area contributed by atoms with Crippen LogP contribution in [0.2, 0.25) is 0 Å². The van der Waals surface area contributed by atoms with E-state index in [0.29, 0.717) is 5.69 Å². The Morgan fingerprint density at radius 2 is 2.16 bits per heavy atom. The number of nitrogens with one attached hydrogen (secondary N) is 1. The Kier molecular flexibility index (Phi) is 2.89. The lowest BCUT2D eigenvalue weighted by atomic mass is 10.2. The van der Waals surface area contributed by atoms with E-state index >= 15 is 0 Å². The lowest BCUT2D eigenvalue weighted by Crippen LogP contribution is -2.03. The van der Waals surface area contributed by atoms with E-state index in [4.69, 9.17) is 5.11 Å². The number of carboxylic acids is 1. The van der Waals surface area contributed by atoms with Crippen molar-refractivity contribution in [1.82, 2.24) is 4.98 Å². The van der Waals surface area contributed by atoms with E-state index < -0.39 is 5.97 Å². The summed E-state index contributed by atoms with van der Waals surface area (Å²) in [5.74, 6) is -0.993. The standard InChI is InChI=1S/C14H10N2O2S/c17-14(18)11-8-15-5-3-12(11)16-10-1-2-13-9(7-10)4-6-19-13/h1-8H,(H,15,16)(H,17,18). The molecule has 0 fully saturated rings. The molecule has 4 nitrogen and oxygen atoms in total. The van der Waals surface area contributed by atoms with Crippen molar-refractivity contribution < 1.29 is 9.90 Å². The van der Waals surface area contributed by atoms with Crippen molar-refractivity contribution in [2.24, 2.45) is 0 Å². The van der Waals surface area contributed by atoms with Gasteiger partial charge in [-0.05, 0) is 41.1 Å². The van der Waals surface area contributed by atoms with E-state index in [0.717, 1.165) is 11.1 Å². The van der Waals surface area contributed by atoms with Gasteiger partial charge in [-0.15, -0.1) is 11.3 Å². The predicted molar refractivity (Wildman–Crippen MR) is 76.3 cm³/mol. The van der Waals surface area contributed by atoms with Crippen LogP contribution < -0.4 is 5.32 Å². The Morgan fingerprint density at radius 1 is 1.26 bits per heavy atom. The Morgan fingerprint density at radius 3 is 3.00 bits per heavy atom. The first-order valence-corrected chi connectivity index (χ1v) is 6.53. The molecule has 19 heavy (non-hydrogen) atoms. The maximum absolute atomic E-state index is 11.1. The molecule has 3 rings (SSSR count). The molecule has 0 atom stereocenters. The van der Waals surface area contributed by atoms with Gasteiger partial charge in [0.05, 0.1) is 5.69 Å². The van der Waals surface area contributed by atoms with Crippen LogP contribution in [0, 0.1) is 0 Å². The molecule has 0 saturated heterocycles. The molecule has 0 saturated carbocycles. The Labute approximate surface area is 113 Å². The average Bonchev–Trinajstić information content (AvgIpc) is 2.86. The molecule has 0 aliphatic carbocycles. The van der Waals surface area contributed by atoms with Gasteiger partial charge in [0.15, 0.2) is 0 Å². The minimum atomic E-state index is -0.993. The van der Waals surface area contributed by atoms with Gasteiger partial charge in [0.1, 0.15) is 5.56 Å². The molecule has 0 unspecified atom stereocenters. The fourth-order valence-electron chi connectivity index (χ4n) is 1.87. The van der Waals surface area contributed by atoms with Crippen molar-refractivity contribution in [1.29, 1.82) is 0 Å². The van der Waals surface area contributed by atoms with Crippen LogP contribution >= 0.6 is 11.3 Å². The van der Waals surface area contributed by atoms with Gasteiger partial charge >= 0.3 is 5.97 Å². The van der Waals surface area contributed by atoms with Gasteiger partial charge in [0.2, 0.25) is 0 Å².